The molecule has 1 unspecified atom stereocenters. The predicted octanol–water partition coefficient (Wildman–Crippen LogP) is 9.25. The zero-order chi connectivity index (χ0) is 26.3. The molecule has 0 heterocycles. The maximum absolute atomic E-state index is 13.3. The summed E-state index contributed by atoms with van der Waals surface area (Å²) in [4.78, 5) is 23.9. The van der Waals surface area contributed by atoms with E-state index in [1.165, 1.54) is 18.2 Å². The van der Waals surface area contributed by atoms with Gasteiger partial charge < -0.3 is 9.84 Å². The van der Waals surface area contributed by atoms with Gasteiger partial charge in [0.25, 0.3) is 0 Å². The molecule has 0 saturated carbocycles. The highest BCUT2D eigenvalue weighted by atomic mass is 16.5. The van der Waals surface area contributed by atoms with Crippen molar-refractivity contribution in [3.63, 3.8) is 0 Å². The van der Waals surface area contributed by atoms with Crippen LogP contribution < -0.4 is 0 Å². The van der Waals surface area contributed by atoms with Gasteiger partial charge in [-0.15, -0.1) is 0 Å². The lowest BCUT2D eigenvalue weighted by Gasteiger charge is -2.17. The molecular weight excluding hydrogens is 460 g/mol. The number of allylic oxidation sites excluding steroid dienone is 1. The lowest BCUT2D eigenvalue weighted by Crippen LogP contribution is -2.18. The number of carboxylic acids is 1. The van der Waals surface area contributed by atoms with E-state index >= 15 is 0 Å². The molecule has 3 rings (SSSR count). The van der Waals surface area contributed by atoms with E-state index < -0.39 is 5.97 Å². The van der Waals surface area contributed by atoms with Crippen LogP contribution in [-0.4, -0.2) is 23.1 Å². The summed E-state index contributed by atoms with van der Waals surface area (Å²) in [6, 6.07) is 18.3. The van der Waals surface area contributed by atoms with E-state index in [0.29, 0.717) is 5.56 Å². The van der Waals surface area contributed by atoms with Gasteiger partial charge in [-0.2, -0.15) is 0 Å². The van der Waals surface area contributed by atoms with Crippen LogP contribution in [0, 0.1) is 0 Å². The Morgan fingerprint density at radius 3 is 2.30 bits per heavy atom. The van der Waals surface area contributed by atoms with Gasteiger partial charge >= 0.3 is 11.9 Å². The van der Waals surface area contributed by atoms with E-state index in [9.17, 15) is 9.59 Å². The number of rotatable bonds is 17. The molecule has 0 aromatic heterocycles. The first-order valence-corrected chi connectivity index (χ1v) is 14.1. The second-order valence-electron chi connectivity index (χ2n) is 10.0. The van der Waals surface area contributed by atoms with Crippen LogP contribution >= 0.6 is 0 Å². The van der Waals surface area contributed by atoms with Crippen LogP contribution in [0.1, 0.15) is 101 Å². The third kappa shape index (κ3) is 9.68. The number of ether oxygens (including phenoxy) is 1. The van der Waals surface area contributed by atoms with Crippen LogP contribution in [0.25, 0.3) is 21.5 Å². The first kappa shape index (κ1) is 28.4. The maximum atomic E-state index is 13.3. The number of esters is 1. The normalized spacial score (nSPS) is 12.4. The Hall–Kier alpha value is -3.14. The quantitative estimate of drug-likeness (QED) is 0.0864. The summed E-state index contributed by atoms with van der Waals surface area (Å²) >= 11 is 0. The monoisotopic (exact) mass is 502 g/mol. The van der Waals surface area contributed by atoms with Crippen LogP contribution in [0.15, 0.2) is 66.7 Å². The molecule has 3 aromatic rings. The highest BCUT2D eigenvalue weighted by Gasteiger charge is 2.17. The smallest absolute Gasteiger partial charge is 0.339 e. The fourth-order valence-corrected chi connectivity index (χ4v) is 4.82. The van der Waals surface area contributed by atoms with Crippen molar-refractivity contribution >= 4 is 33.5 Å². The SMILES string of the molecule is CCCCCCC(C/C=C\CCCCCCCC(=O)O)OC(=O)c1cccc2cc3ccccc3cc12. The largest absolute Gasteiger partial charge is 0.481 e. The molecule has 0 bridgehead atoms. The molecule has 0 amide bonds. The summed E-state index contributed by atoms with van der Waals surface area (Å²) in [7, 11) is 0. The molecule has 3 aromatic carbocycles. The fraction of sp³-hybridized carbons (Fsp3) is 0.455. The Balaban J connectivity index is 1.56. The van der Waals surface area contributed by atoms with Crippen LogP contribution in [0.2, 0.25) is 0 Å². The number of carbonyl (C=O) groups is 2. The van der Waals surface area contributed by atoms with Gasteiger partial charge in [0.1, 0.15) is 6.10 Å². The molecule has 4 heteroatoms. The lowest BCUT2D eigenvalue weighted by molar-refractivity contribution is -0.137. The second kappa shape index (κ2) is 15.9. The van der Waals surface area contributed by atoms with Gasteiger partial charge in [0.2, 0.25) is 0 Å². The Morgan fingerprint density at radius 2 is 1.51 bits per heavy atom. The fourth-order valence-electron chi connectivity index (χ4n) is 4.82. The number of carbonyl (C=O) groups excluding carboxylic acids is 1. The molecule has 0 aliphatic carbocycles. The molecule has 0 radical (unpaired) electrons. The molecule has 1 atom stereocenters. The number of hydrogen-bond donors (Lipinski definition) is 1. The van der Waals surface area contributed by atoms with Crippen molar-refractivity contribution in [2.45, 2.75) is 96.5 Å². The van der Waals surface area contributed by atoms with Crippen molar-refractivity contribution in [1.29, 1.82) is 0 Å². The summed E-state index contributed by atoms with van der Waals surface area (Å²) < 4.78 is 6.09. The van der Waals surface area contributed by atoms with Crippen molar-refractivity contribution in [3.05, 3.63) is 72.3 Å². The van der Waals surface area contributed by atoms with E-state index in [1.54, 1.807) is 0 Å². The summed E-state index contributed by atoms with van der Waals surface area (Å²) in [6.07, 6.45) is 16.8. The number of aliphatic carboxylic acids is 1. The van der Waals surface area contributed by atoms with Gasteiger partial charge in [-0.25, -0.2) is 4.79 Å². The van der Waals surface area contributed by atoms with Gasteiger partial charge in [-0.3, -0.25) is 4.79 Å². The minimum absolute atomic E-state index is 0.118. The third-order valence-corrected chi connectivity index (χ3v) is 6.95. The minimum Gasteiger partial charge on any atom is -0.481 e. The molecule has 0 aliphatic rings. The van der Waals surface area contributed by atoms with Crippen molar-refractivity contribution in [1.82, 2.24) is 0 Å². The number of unbranched alkanes of at least 4 members (excludes halogenated alkanes) is 8. The molecule has 198 valence electrons. The summed E-state index contributed by atoms with van der Waals surface area (Å²) in [5.74, 6) is -0.946. The zero-order valence-corrected chi connectivity index (χ0v) is 22.3. The number of carboxylic acid groups (broad SMARTS) is 1. The van der Waals surface area contributed by atoms with Crippen molar-refractivity contribution in [2.24, 2.45) is 0 Å². The molecular formula is C33H42O4. The Morgan fingerprint density at radius 1 is 0.811 bits per heavy atom. The van der Waals surface area contributed by atoms with Gasteiger partial charge in [0.15, 0.2) is 0 Å². The van der Waals surface area contributed by atoms with Crippen LogP contribution in [0.4, 0.5) is 0 Å². The standard InChI is InChI=1S/C33H42O4/c1-2-3-4-11-20-29(21-12-9-7-5-6-8-10-13-23-32(34)35)37-33(36)30-22-16-19-28-24-26-17-14-15-18-27(26)25-31(28)30/h9,12,14-19,22,24-25,29H,2-8,10-11,13,20-21,23H2,1H3,(H,34,35)/b12-9-. The Bertz CT molecular complexity index is 1160. The molecule has 37 heavy (non-hydrogen) atoms. The average Bonchev–Trinajstić information content (AvgIpc) is 2.90. The molecule has 0 saturated heterocycles. The highest BCUT2D eigenvalue weighted by Crippen LogP contribution is 2.27. The van der Waals surface area contributed by atoms with Crippen LogP contribution in [0.3, 0.4) is 0 Å². The van der Waals surface area contributed by atoms with E-state index in [4.69, 9.17) is 9.84 Å². The summed E-state index contributed by atoms with van der Waals surface area (Å²) in [6.45, 7) is 2.20. The average molecular weight is 503 g/mol. The first-order valence-electron chi connectivity index (χ1n) is 14.1. The number of benzene rings is 3. The highest BCUT2D eigenvalue weighted by molar-refractivity contribution is 6.09. The van der Waals surface area contributed by atoms with Crippen LogP contribution in [0.5, 0.6) is 0 Å². The summed E-state index contributed by atoms with van der Waals surface area (Å²) in [5.41, 5.74) is 0.633. The molecule has 1 N–H and O–H groups in total. The van der Waals surface area contributed by atoms with Crippen molar-refractivity contribution in [3.8, 4) is 0 Å². The lowest BCUT2D eigenvalue weighted by atomic mass is 9.99. The van der Waals surface area contributed by atoms with Crippen molar-refractivity contribution < 1.29 is 19.4 Å². The minimum atomic E-state index is -0.707. The maximum Gasteiger partial charge on any atom is 0.339 e. The molecule has 0 fully saturated rings. The van der Waals surface area contributed by atoms with E-state index in [1.807, 2.05) is 24.3 Å². The van der Waals surface area contributed by atoms with Gasteiger partial charge in [-0.1, -0.05) is 94.0 Å². The molecule has 0 spiro atoms. The van der Waals surface area contributed by atoms with E-state index in [0.717, 1.165) is 80.4 Å². The van der Waals surface area contributed by atoms with Crippen LogP contribution in [-0.2, 0) is 9.53 Å². The molecule has 0 aliphatic heterocycles. The van der Waals surface area contributed by atoms with E-state index in [-0.39, 0.29) is 18.5 Å². The van der Waals surface area contributed by atoms with Gasteiger partial charge in [0.05, 0.1) is 5.56 Å². The Labute approximate surface area is 221 Å². The van der Waals surface area contributed by atoms with Gasteiger partial charge in [-0.05, 0) is 71.8 Å². The first-order chi connectivity index (χ1) is 18.1. The second-order valence-corrected chi connectivity index (χ2v) is 10.0. The third-order valence-electron chi connectivity index (χ3n) is 6.95. The Kier molecular flexibility index (Phi) is 12.2. The van der Waals surface area contributed by atoms with Gasteiger partial charge in [0, 0.05) is 12.8 Å². The number of fused-ring (bicyclic) bond motifs is 2. The predicted molar refractivity (Wildman–Crippen MR) is 153 cm³/mol. The number of hydrogen-bond acceptors (Lipinski definition) is 3. The van der Waals surface area contributed by atoms with Crippen molar-refractivity contribution in [2.75, 3.05) is 0 Å². The van der Waals surface area contributed by atoms with E-state index in [2.05, 4.69) is 49.4 Å². The molecule has 4 nitrogen and oxygen atoms in total. The summed E-state index contributed by atoms with van der Waals surface area (Å²) in [5, 5.41) is 13.0. The zero-order valence-electron chi connectivity index (χ0n) is 22.3. The topological polar surface area (TPSA) is 63.6 Å².